The lowest BCUT2D eigenvalue weighted by Gasteiger charge is -2.28. The lowest BCUT2D eigenvalue weighted by molar-refractivity contribution is -0.122. The first-order valence-corrected chi connectivity index (χ1v) is 5.54. The van der Waals surface area contributed by atoms with Crippen LogP contribution >= 0.6 is 0 Å². The van der Waals surface area contributed by atoms with Crippen molar-refractivity contribution < 1.29 is 14.9 Å². The van der Waals surface area contributed by atoms with Gasteiger partial charge in [-0.15, -0.1) is 0 Å². The van der Waals surface area contributed by atoms with E-state index in [0.717, 1.165) is 0 Å². The van der Waals surface area contributed by atoms with E-state index in [9.17, 15) is 15.0 Å². The highest BCUT2D eigenvalue weighted by Gasteiger charge is 2.47. The Morgan fingerprint density at radius 2 is 2.39 bits per heavy atom. The largest absolute Gasteiger partial charge is 0.393 e. The number of rotatable bonds is 3. The van der Waals surface area contributed by atoms with Crippen LogP contribution in [0.2, 0.25) is 0 Å². The summed E-state index contributed by atoms with van der Waals surface area (Å²) in [5.74, 6) is 0.113. The molecule has 1 aliphatic rings. The molecule has 1 aliphatic heterocycles. The molecule has 0 aliphatic carbocycles. The Morgan fingerprint density at radius 3 is 2.89 bits per heavy atom. The number of hydrogen-bond donors (Lipinski definition) is 4. The quantitative estimate of drug-likeness (QED) is 0.481. The minimum Gasteiger partial charge on any atom is -0.393 e. The van der Waals surface area contributed by atoms with Gasteiger partial charge in [0, 0.05) is 19.2 Å². The number of anilines is 1. The first-order chi connectivity index (χ1) is 8.52. The van der Waals surface area contributed by atoms with E-state index in [2.05, 4.69) is 4.98 Å². The third-order valence-corrected chi connectivity index (χ3v) is 3.18. The Balaban J connectivity index is 2.30. The second-order valence-corrected chi connectivity index (χ2v) is 4.29. The number of nitrogen functional groups attached to an aromatic ring is 1. The molecule has 0 amide bonds. The topological polar surface area (TPSA) is 137 Å². The molecule has 0 aromatic carbocycles. The maximum atomic E-state index is 11.6. The van der Waals surface area contributed by atoms with Crippen molar-refractivity contribution in [2.45, 2.75) is 24.4 Å². The first-order valence-electron chi connectivity index (χ1n) is 5.54. The van der Waals surface area contributed by atoms with Crippen molar-refractivity contribution in [3.8, 4) is 0 Å². The second kappa shape index (κ2) is 4.65. The molecule has 100 valence electrons. The van der Waals surface area contributed by atoms with E-state index in [1.54, 1.807) is 0 Å². The van der Waals surface area contributed by atoms with Gasteiger partial charge in [-0.25, -0.2) is 4.79 Å². The minimum absolute atomic E-state index is 0.0433. The molecule has 1 aromatic rings. The number of aliphatic hydroxyl groups excluding tert-OH is 2. The zero-order valence-electron chi connectivity index (χ0n) is 9.69. The van der Waals surface area contributed by atoms with Crippen molar-refractivity contribution in [1.82, 2.24) is 9.55 Å². The standard InChI is InChI=1S/C10H16N4O4/c11-4-10(5-15)6(16)3-8(18-10)14-2-1-7(12)13-9(14)17/h1-2,6,8,15-16H,3-5,11H2,(H2,12,13,17)/t6-,8+,10+/m0/s1. The van der Waals surface area contributed by atoms with Gasteiger partial charge in [0.25, 0.3) is 0 Å². The highest BCUT2D eigenvalue weighted by Crippen LogP contribution is 2.35. The molecule has 1 fully saturated rings. The average molecular weight is 256 g/mol. The Bertz CT molecular complexity index is 485. The van der Waals surface area contributed by atoms with Crippen LogP contribution in [-0.4, -0.2) is 44.6 Å². The second-order valence-electron chi connectivity index (χ2n) is 4.29. The number of hydrogen-bond acceptors (Lipinski definition) is 7. The maximum absolute atomic E-state index is 11.6. The van der Waals surface area contributed by atoms with Gasteiger partial charge in [-0.1, -0.05) is 0 Å². The fraction of sp³-hybridized carbons (Fsp3) is 0.600. The van der Waals surface area contributed by atoms with Crippen LogP contribution in [0.25, 0.3) is 0 Å². The van der Waals surface area contributed by atoms with Crippen molar-refractivity contribution in [3.63, 3.8) is 0 Å². The monoisotopic (exact) mass is 256 g/mol. The Hall–Kier alpha value is -1.48. The molecule has 1 aromatic heterocycles. The lowest BCUT2D eigenvalue weighted by Crippen LogP contribution is -2.49. The summed E-state index contributed by atoms with van der Waals surface area (Å²) in [7, 11) is 0. The molecule has 0 radical (unpaired) electrons. The predicted molar refractivity (Wildman–Crippen MR) is 62.5 cm³/mol. The van der Waals surface area contributed by atoms with Gasteiger partial charge in [0.2, 0.25) is 0 Å². The van der Waals surface area contributed by atoms with E-state index in [4.69, 9.17) is 16.2 Å². The van der Waals surface area contributed by atoms with E-state index in [0.29, 0.717) is 0 Å². The summed E-state index contributed by atoms with van der Waals surface area (Å²) < 4.78 is 6.74. The van der Waals surface area contributed by atoms with Gasteiger partial charge in [-0.3, -0.25) is 4.57 Å². The van der Waals surface area contributed by atoms with Crippen LogP contribution in [0.3, 0.4) is 0 Å². The SMILES string of the molecule is NC[C@]1(CO)O[C@@H](n2ccc(N)nc2=O)C[C@@H]1O. The van der Waals surface area contributed by atoms with Crippen LogP contribution < -0.4 is 17.2 Å². The van der Waals surface area contributed by atoms with E-state index < -0.39 is 30.2 Å². The molecule has 8 heteroatoms. The third-order valence-electron chi connectivity index (χ3n) is 3.18. The summed E-state index contributed by atoms with van der Waals surface area (Å²) in [6.07, 6.45) is -0.0618. The highest BCUT2D eigenvalue weighted by atomic mass is 16.6. The summed E-state index contributed by atoms with van der Waals surface area (Å²) in [6.45, 7) is -0.462. The van der Waals surface area contributed by atoms with Crippen LogP contribution in [0.15, 0.2) is 17.1 Å². The van der Waals surface area contributed by atoms with Gasteiger partial charge in [0.15, 0.2) is 0 Å². The average Bonchev–Trinajstić information content (AvgIpc) is 2.67. The molecule has 8 nitrogen and oxygen atoms in total. The molecule has 0 spiro atoms. The fourth-order valence-electron chi connectivity index (χ4n) is 2.01. The minimum atomic E-state index is -1.23. The number of nitrogens with zero attached hydrogens (tertiary/aromatic N) is 2. The van der Waals surface area contributed by atoms with E-state index in [1.807, 2.05) is 0 Å². The van der Waals surface area contributed by atoms with Gasteiger partial charge < -0.3 is 26.4 Å². The molecular formula is C10H16N4O4. The van der Waals surface area contributed by atoms with Crippen molar-refractivity contribution in [2.75, 3.05) is 18.9 Å². The Kier molecular flexibility index (Phi) is 3.35. The molecule has 6 N–H and O–H groups in total. The number of nitrogens with two attached hydrogens (primary N) is 2. The van der Waals surface area contributed by atoms with E-state index in [-0.39, 0.29) is 18.8 Å². The van der Waals surface area contributed by atoms with E-state index in [1.165, 1.54) is 16.8 Å². The molecule has 1 saturated heterocycles. The van der Waals surface area contributed by atoms with Crippen molar-refractivity contribution in [2.24, 2.45) is 5.73 Å². The first kappa shape index (κ1) is 13.0. The molecule has 0 bridgehead atoms. The summed E-state index contributed by atoms with van der Waals surface area (Å²) in [5.41, 5.74) is 9.09. The molecule has 18 heavy (non-hydrogen) atoms. The summed E-state index contributed by atoms with van der Waals surface area (Å²) in [6, 6.07) is 1.46. The van der Waals surface area contributed by atoms with Crippen LogP contribution in [0.5, 0.6) is 0 Å². The summed E-state index contributed by atoms with van der Waals surface area (Å²) in [5, 5.41) is 19.2. The zero-order chi connectivity index (χ0) is 13.3. The van der Waals surface area contributed by atoms with Gasteiger partial charge >= 0.3 is 5.69 Å². The van der Waals surface area contributed by atoms with Gasteiger partial charge in [-0.2, -0.15) is 4.98 Å². The van der Waals surface area contributed by atoms with Crippen LogP contribution in [0, 0.1) is 0 Å². The molecule has 0 unspecified atom stereocenters. The third kappa shape index (κ3) is 1.99. The van der Waals surface area contributed by atoms with Crippen molar-refractivity contribution in [1.29, 1.82) is 0 Å². The van der Waals surface area contributed by atoms with Gasteiger partial charge in [0.1, 0.15) is 17.6 Å². The number of aliphatic hydroxyl groups is 2. The van der Waals surface area contributed by atoms with Crippen LogP contribution in [-0.2, 0) is 4.74 Å². The van der Waals surface area contributed by atoms with Gasteiger partial charge in [0.05, 0.1) is 12.7 Å². The van der Waals surface area contributed by atoms with Crippen LogP contribution in [0.1, 0.15) is 12.6 Å². The number of ether oxygens (including phenoxy) is 1. The molecule has 0 saturated carbocycles. The van der Waals surface area contributed by atoms with Crippen LogP contribution in [0.4, 0.5) is 5.82 Å². The molecule has 3 atom stereocenters. The predicted octanol–water partition coefficient (Wildman–Crippen LogP) is -2.20. The summed E-state index contributed by atoms with van der Waals surface area (Å²) >= 11 is 0. The smallest absolute Gasteiger partial charge is 0.351 e. The maximum Gasteiger partial charge on any atom is 0.351 e. The fourth-order valence-corrected chi connectivity index (χ4v) is 2.01. The zero-order valence-corrected chi connectivity index (χ0v) is 9.69. The number of aromatic nitrogens is 2. The normalized spacial score (nSPS) is 31.7. The van der Waals surface area contributed by atoms with Gasteiger partial charge in [-0.05, 0) is 6.07 Å². The molecule has 2 rings (SSSR count). The van der Waals surface area contributed by atoms with Crippen molar-refractivity contribution >= 4 is 5.82 Å². The summed E-state index contributed by atoms with van der Waals surface area (Å²) in [4.78, 5) is 15.2. The Labute approximate surface area is 103 Å². The molecular weight excluding hydrogens is 240 g/mol. The lowest BCUT2D eigenvalue weighted by atomic mass is 9.98. The Morgan fingerprint density at radius 1 is 1.67 bits per heavy atom. The van der Waals surface area contributed by atoms with Crippen molar-refractivity contribution in [3.05, 3.63) is 22.7 Å². The molecule has 2 heterocycles. The van der Waals surface area contributed by atoms with E-state index >= 15 is 0 Å². The highest BCUT2D eigenvalue weighted by molar-refractivity contribution is 5.23.